The topological polar surface area (TPSA) is 119 Å². The van der Waals surface area contributed by atoms with E-state index in [2.05, 4.69) is 5.32 Å². The fourth-order valence-electron chi connectivity index (χ4n) is 3.50. The summed E-state index contributed by atoms with van der Waals surface area (Å²) in [7, 11) is -3.08. The first-order valence-corrected chi connectivity index (χ1v) is 14.6. The van der Waals surface area contributed by atoms with Crippen LogP contribution in [0.15, 0.2) is 65.6 Å². The molecular formula is C25H25Cl2N3O6S2. The van der Waals surface area contributed by atoms with Gasteiger partial charge in [0.1, 0.15) is 12.3 Å². The van der Waals surface area contributed by atoms with E-state index in [4.69, 9.17) is 27.9 Å². The minimum atomic E-state index is -4.43. The summed E-state index contributed by atoms with van der Waals surface area (Å²) in [5.41, 5.74) is 1.01. The third-order valence-corrected chi connectivity index (χ3v) is 8.64. The van der Waals surface area contributed by atoms with Gasteiger partial charge in [0.2, 0.25) is 5.91 Å². The minimum Gasteiger partial charge on any atom is -0.495 e. The van der Waals surface area contributed by atoms with Gasteiger partial charge in [-0.2, -0.15) is 11.8 Å². The number of aryl methyl sites for hydroxylation is 1. The quantitative estimate of drug-likeness (QED) is 0.167. The molecule has 0 spiro atoms. The van der Waals surface area contributed by atoms with Crippen molar-refractivity contribution in [2.24, 2.45) is 0 Å². The maximum absolute atomic E-state index is 13.7. The molecule has 3 rings (SSSR count). The number of halogens is 2. The lowest BCUT2D eigenvalue weighted by molar-refractivity contribution is -0.385. The molecule has 3 aromatic carbocycles. The van der Waals surface area contributed by atoms with Gasteiger partial charge in [-0.25, -0.2) is 8.42 Å². The summed E-state index contributed by atoms with van der Waals surface area (Å²) >= 11 is 13.7. The van der Waals surface area contributed by atoms with E-state index in [1.165, 1.54) is 44.4 Å². The zero-order valence-electron chi connectivity index (χ0n) is 20.5. The summed E-state index contributed by atoms with van der Waals surface area (Å²) in [5.74, 6) is 0.864. The van der Waals surface area contributed by atoms with Crippen molar-refractivity contribution < 1.29 is 22.9 Å². The van der Waals surface area contributed by atoms with Gasteiger partial charge in [-0.15, -0.1) is 0 Å². The Morgan fingerprint density at radius 1 is 1.11 bits per heavy atom. The van der Waals surface area contributed by atoms with Crippen molar-refractivity contribution in [2.45, 2.75) is 17.6 Å². The van der Waals surface area contributed by atoms with Crippen LogP contribution in [0.3, 0.4) is 0 Å². The van der Waals surface area contributed by atoms with Gasteiger partial charge in [0.25, 0.3) is 15.7 Å². The molecule has 9 nitrogen and oxygen atoms in total. The van der Waals surface area contributed by atoms with E-state index in [0.29, 0.717) is 28.6 Å². The Balaban J connectivity index is 1.81. The molecule has 1 N–H and O–H groups in total. The number of sulfonamides is 1. The Kier molecular flexibility index (Phi) is 10.3. The Morgan fingerprint density at radius 3 is 2.53 bits per heavy atom. The smallest absolute Gasteiger partial charge is 0.273 e. The highest BCUT2D eigenvalue weighted by Gasteiger charge is 2.31. The van der Waals surface area contributed by atoms with Crippen molar-refractivity contribution in [3.05, 3.63) is 92.0 Å². The van der Waals surface area contributed by atoms with Gasteiger partial charge in [-0.05, 0) is 48.9 Å². The molecule has 0 radical (unpaired) electrons. The maximum Gasteiger partial charge on any atom is 0.273 e. The molecule has 38 heavy (non-hydrogen) atoms. The molecule has 0 aliphatic carbocycles. The van der Waals surface area contributed by atoms with Gasteiger partial charge in [-0.3, -0.25) is 19.2 Å². The number of amides is 1. The lowest BCUT2D eigenvalue weighted by Gasteiger charge is -2.26. The molecule has 13 heteroatoms. The van der Waals surface area contributed by atoms with Gasteiger partial charge in [0.05, 0.1) is 22.6 Å². The number of nitrogens with one attached hydrogen (secondary N) is 1. The van der Waals surface area contributed by atoms with Crippen LogP contribution in [0.1, 0.15) is 11.1 Å². The number of ether oxygens (including phenoxy) is 1. The number of nitro benzene ring substituents is 1. The van der Waals surface area contributed by atoms with E-state index in [0.717, 1.165) is 15.9 Å². The second-order valence-corrected chi connectivity index (χ2v) is 11.9. The van der Waals surface area contributed by atoms with Crippen LogP contribution >= 0.6 is 35.0 Å². The van der Waals surface area contributed by atoms with Crippen molar-refractivity contribution in [2.75, 3.05) is 30.3 Å². The van der Waals surface area contributed by atoms with Crippen LogP contribution in [0, 0.1) is 17.0 Å². The number of methoxy groups -OCH3 is 1. The first-order valence-electron chi connectivity index (χ1n) is 11.2. The molecule has 0 heterocycles. The first-order chi connectivity index (χ1) is 18.0. The van der Waals surface area contributed by atoms with Crippen LogP contribution in [-0.4, -0.2) is 45.2 Å². The molecule has 0 aliphatic rings. The second kappa shape index (κ2) is 13.2. The number of anilines is 1. The molecule has 1 amide bonds. The summed E-state index contributed by atoms with van der Waals surface area (Å²) in [4.78, 5) is 23.3. The Labute approximate surface area is 235 Å². The molecule has 0 atom stereocenters. The van der Waals surface area contributed by atoms with Crippen molar-refractivity contribution in [1.82, 2.24) is 5.32 Å². The highest BCUT2D eigenvalue weighted by atomic mass is 35.5. The van der Waals surface area contributed by atoms with Gasteiger partial charge in [0.15, 0.2) is 0 Å². The van der Waals surface area contributed by atoms with Crippen LogP contribution in [0.2, 0.25) is 10.0 Å². The van der Waals surface area contributed by atoms with Crippen molar-refractivity contribution in [3.63, 3.8) is 0 Å². The number of thioether (sulfide) groups is 1. The van der Waals surface area contributed by atoms with Crippen molar-refractivity contribution >= 4 is 62.3 Å². The summed E-state index contributed by atoms with van der Waals surface area (Å²) in [6, 6.07) is 15.4. The number of carbonyl (C=O) groups excluding carboxylic acids is 1. The molecular weight excluding hydrogens is 573 g/mol. The van der Waals surface area contributed by atoms with Crippen LogP contribution in [0.25, 0.3) is 0 Å². The van der Waals surface area contributed by atoms with Crippen LogP contribution in [0.4, 0.5) is 11.4 Å². The highest BCUT2D eigenvalue weighted by Crippen LogP contribution is 2.35. The number of hydrogen-bond acceptors (Lipinski definition) is 7. The molecule has 0 bridgehead atoms. The lowest BCUT2D eigenvalue weighted by atomic mass is 10.2. The standard InChI is InChI=1S/C25H25Cl2N3O6S2/c1-17-6-8-21(14-22(17)30(32)33)38(34,35)29(23-13-20(27)7-9-24(23)36-2)15-25(31)28-10-11-37-16-18-4-3-5-19(26)12-18/h3-9,12-14H,10-11,15-16H2,1-2H3,(H,28,31). The summed E-state index contributed by atoms with van der Waals surface area (Å²) in [5, 5.41) is 15.0. The molecule has 0 saturated carbocycles. The third-order valence-electron chi connectivity index (χ3n) is 5.39. The second-order valence-electron chi connectivity index (χ2n) is 8.07. The van der Waals surface area contributed by atoms with Crippen LogP contribution in [-0.2, 0) is 20.6 Å². The SMILES string of the molecule is COc1ccc(Cl)cc1N(CC(=O)NCCSCc1cccc(Cl)c1)S(=O)(=O)c1ccc(C)c([N+](=O)[O-])c1. The predicted octanol–water partition coefficient (Wildman–Crippen LogP) is 5.46. The van der Waals surface area contributed by atoms with Crippen LogP contribution < -0.4 is 14.4 Å². The fourth-order valence-corrected chi connectivity index (χ4v) is 6.13. The monoisotopic (exact) mass is 597 g/mol. The minimum absolute atomic E-state index is 0.0220. The summed E-state index contributed by atoms with van der Waals surface area (Å²) in [6.45, 7) is 1.20. The van der Waals surface area contributed by atoms with Gasteiger partial charge in [-0.1, -0.05) is 41.4 Å². The number of hydrogen-bond donors (Lipinski definition) is 1. The molecule has 202 valence electrons. The van der Waals surface area contributed by atoms with E-state index in [1.807, 2.05) is 18.2 Å². The Hall–Kier alpha value is -2.99. The molecule has 0 aliphatic heterocycles. The van der Waals surface area contributed by atoms with E-state index >= 15 is 0 Å². The summed E-state index contributed by atoms with van der Waals surface area (Å²) in [6.07, 6.45) is 0. The normalized spacial score (nSPS) is 11.2. The highest BCUT2D eigenvalue weighted by molar-refractivity contribution is 7.98. The predicted molar refractivity (Wildman–Crippen MR) is 151 cm³/mol. The van der Waals surface area contributed by atoms with E-state index in [9.17, 15) is 23.3 Å². The molecule has 0 fully saturated rings. The lowest BCUT2D eigenvalue weighted by Crippen LogP contribution is -2.41. The molecule has 3 aromatic rings. The van der Waals surface area contributed by atoms with Gasteiger partial charge in [0, 0.05) is 39.7 Å². The number of nitro groups is 1. The van der Waals surface area contributed by atoms with Crippen molar-refractivity contribution in [3.8, 4) is 5.75 Å². The molecule has 0 saturated heterocycles. The molecule has 0 unspecified atom stereocenters. The Bertz CT molecular complexity index is 1440. The zero-order valence-corrected chi connectivity index (χ0v) is 23.7. The number of benzene rings is 3. The van der Waals surface area contributed by atoms with E-state index in [-0.39, 0.29) is 27.0 Å². The van der Waals surface area contributed by atoms with Gasteiger partial charge < -0.3 is 10.1 Å². The first kappa shape index (κ1) is 29.6. The van der Waals surface area contributed by atoms with Crippen LogP contribution in [0.5, 0.6) is 5.75 Å². The van der Waals surface area contributed by atoms with Crippen molar-refractivity contribution in [1.29, 1.82) is 0 Å². The van der Waals surface area contributed by atoms with E-state index in [1.54, 1.807) is 17.8 Å². The molecule has 0 aromatic heterocycles. The van der Waals surface area contributed by atoms with E-state index < -0.39 is 27.4 Å². The Morgan fingerprint density at radius 2 is 1.84 bits per heavy atom. The average Bonchev–Trinajstić information content (AvgIpc) is 2.87. The fraction of sp³-hybridized carbons (Fsp3) is 0.240. The third kappa shape index (κ3) is 7.53. The maximum atomic E-state index is 13.7. The summed E-state index contributed by atoms with van der Waals surface area (Å²) < 4.78 is 33.6. The zero-order chi connectivity index (χ0) is 27.9. The largest absolute Gasteiger partial charge is 0.495 e. The van der Waals surface area contributed by atoms with Gasteiger partial charge >= 0.3 is 0 Å². The number of carbonyl (C=O) groups is 1. The number of nitrogens with zero attached hydrogens (tertiary/aromatic N) is 2. The number of rotatable bonds is 12. The average molecular weight is 599 g/mol.